The van der Waals surface area contributed by atoms with E-state index in [4.69, 9.17) is 27.5 Å². The van der Waals surface area contributed by atoms with Gasteiger partial charge in [0.25, 0.3) is 0 Å². The van der Waals surface area contributed by atoms with Gasteiger partial charge in [-0.05, 0) is 25.0 Å². The molecule has 0 atom stereocenters. The molecular weight excluding hydrogens is 294 g/mol. The van der Waals surface area contributed by atoms with Crippen LogP contribution in [0.3, 0.4) is 0 Å². The molecule has 1 aromatic carbocycles. The standard InChI is InChI=1S/C14H14ClN3OS/c15-9-3-1-2-4-10(9)19-7-11-18-12(8-5-6-8)13(20-11)14(16)17/h1-4,8H,5-7H2,(H3,16,17). The normalized spacial score (nSPS) is 14.2. The zero-order valence-electron chi connectivity index (χ0n) is 10.7. The first-order valence-electron chi connectivity index (χ1n) is 6.36. The Kier molecular flexibility index (Phi) is 3.63. The topological polar surface area (TPSA) is 72.0 Å². The lowest BCUT2D eigenvalue weighted by Gasteiger charge is -2.05. The molecule has 0 amide bonds. The van der Waals surface area contributed by atoms with Crippen LogP contribution in [0, 0.1) is 5.41 Å². The highest BCUT2D eigenvalue weighted by Gasteiger charge is 2.30. The van der Waals surface area contributed by atoms with Gasteiger partial charge < -0.3 is 10.5 Å². The summed E-state index contributed by atoms with van der Waals surface area (Å²) in [6.45, 7) is 0.349. The fraction of sp³-hybridized carbons (Fsp3) is 0.286. The van der Waals surface area contributed by atoms with Crippen LogP contribution in [0.4, 0.5) is 0 Å². The highest BCUT2D eigenvalue weighted by molar-refractivity contribution is 7.13. The third-order valence-electron chi connectivity index (χ3n) is 3.09. The van der Waals surface area contributed by atoms with Gasteiger partial charge in [0.1, 0.15) is 23.2 Å². The number of nitrogens with two attached hydrogens (primary N) is 1. The van der Waals surface area contributed by atoms with Crippen molar-refractivity contribution in [3.05, 3.63) is 44.9 Å². The zero-order chi connectivity index (χ0) is 14.1. The van der Waals surface area contributed by atoms with Crippen molar-refractivity contribution in [3.63, 3.8) is 0 Å². The summed E-state index contributed by atoms with van der Waals surface area (Å²) in [6, 6.07) is 7.34. The van der Waals surface area contributed by atoms with E-state index in [1.165, 1.54) is 11.3 Å². The number of hydrogen-bond donors (Lipinski definition) is 2. The van der Waals surface area contributed by atoms with Gasteiger partial charge in [-0.15, -0.1) is 11.3 Å². The monoisotopic (exact) mass is 307 g/mol. The second-order valence-corrected chi connectivity index (χ2v) is 6.22. The first-order chi connectivity index (χ1) is 9.65. The van der Waals surface area contributed by atoms with Crippen molar-refractivity contribution in [2.24, 2.45) is 5.73 Å². The minimum Gasteiger partial charge on any atom is -0.485 e. The van der Waals surface area contributed by atoms with E-state index in [0.29, 0.717) is 23.3 Å². The van der Waals surface area contributed by atoms with E-state index >= 15 is 0 Å². The van der Waals surface area contributed by atoms with Gasteiger partial charge >= 0.3 is 0 Å². The summed E-state index contributed by atoms with van der Waals surface area (Å²) >= 11 is 7.47. The Balaban J connectivity index is 1.76. The van der Waals surface area contributed by atoms with Gasteiger partial charge in [-0.3, -0.25) is 5.41 Å². The molecule has 1 aliphatic rings. The third-order valence-corrected chi connectivity index (χ3v) is 4.48. The first-order valence-corrected chi connectivity index (χ1v) is 7.56. The number of ether oxygens (including phenoxy) is 1. The minimum absolute atomic E-state index is 0.0911. The van der Waals surface area contributed by atoms with Crippen LogP contribution in [0.5, 0.6) is 5.75 Å². The Bertz CT molecular complexity index is 652. The van der Waals surface area contributed by atoms with E-state index in [1.807, 2.05) is 18.2 Å². The summed E-state index contributed by atoms with van der Waals surface area (Å²) < 4.78 is 5.68. The van der Waals surface area contributed by atoms with E-state index in [1.54, 1.807) is 6.07 Å². The lowest BCUT2D eigenvalue weighted by Crippen LogP contribution is -2.11. The highest BCUT2D eigenvalue weighted by Crippen LogP contribution is 2.42. The number of rotatable bonds is 5. The number of benzene rings is 1. The molecule has 0 aliphatic heterocycles. The summed E-state index contributed by atoms with van der Waals surface area (Å²) in [5, 5.41) is 9.04. The Labute approximate surface area is 126 Å². The first kappa shape index (κ1) is 13.4. The van der Waals surface area contributed by atoms with E-state index in [2.05, 4.69) is 4.98 Å². The van der Waals surface area contributed by atoms with E-state index < -0.39 is 0 Å². The number of hydrogen-bond acceptors (Lipinski definition) is 4. The zero-order valence-corrected chi connectivity index (χ0v) is 12.3. The molecule has 3 N–H and O–H groups in total. The number of para-hydroxylation sites is 1. The number of thiazole rings is 1. The van der Waals surface area contributed by atoms with Gasteiger partial charge in [0, 0.05) is 5.92 Å². The molecule has 1 heterocycles. The Morgan fingerprint density at radius 3 is 2.85 bits per heavy atom. The molecule has 1 fully saturated rings. The molecule has 0 spiro atoms. The van der Waals surface area contributed by atoms with Crippen molar-refractivity contribution in [2.45, 2.75) is 25.4 Å². The van der Waals surface area contributed by atoms with Crippen LogP contribution in [0.25, 0.3) is 0 Å². The van der Waals surface area contributed by atoms with E-state index in [-0.39, 0.29) is 5.84 Å². The van der Waals surface area contributed by atoms with Crippen LogP contribution in [0.1, 0.15) is 34.3 Å². The van der Waals surface area contributed by atoms with Crippen molar-refractivity contribution >= 4 is 28.8 Å². The van der Waals surface area contributed by atoms with E-state index in [0.717, 1.165) is 28.4 Å². The van der Waals surface area contributed by atoms with Crippen LogP contribution in [0.2, 0.25) is 5.02 Å². The number of nitrogens with zero attached hydrogens (tertiary/aromatic N) is 1. The highest BCUT2D eigenvalue weighted by atomic mass is 35.5. The van der Waals surface area contributed by atoms with Crippen molar-refractivity contribution in [2.75, 3.05) is 0 Å². The molecule has 1 aromatic heterocycles. The molecule has 4 nitrogen and oxygen atoms in total. The molecule has 20 heavy (non-hydrogen) atoms. The van der Waals surface area contributed by atoms with Crippen LogP contribution >= 0.6 is 22.9 Å². The molecule has 104 valence electrons. The molecule has 0 unspecified atom stereocenters. The van der Waals surface area contributed by atoms with Crippen molar-refractivity contribution in [1.29, 1.82) is 5.41 Å². The predicted octanol–water partition coefficient (Wildman–Crippen LogP) is 3.54. The largest absolute Gasteiger partial charge is 0.485 e. The molecule has 2 aromatic rings. The number of halogens is 1. The Morgan fingerprint density at radius 1 is 1.45 bits per heavy atom. The predicted molar refractivity (Wildman–Crippen MR) is 80.9 cm³/mol. The fourth-order valence-corrected chi connectivity index (χ4v) is 3.08. The maximum Gasteiger partial charge on any atom is 0.140 e. The van der Waals surface area contributed by atoms with Crippen LogP contribution < -0.4 is 10.5 Å². The van der Waals surface area contributed by atoms with Crippen molar-refractivity contribution < 1.29 is 4.74 Å². The van der Waals surface area contributed by atoms with E-state index in [9.17, 15) is 0 Å². The van der Waals surface area contributed by atoms with Crippen molar-refractivity contribution in [3.8, 4) is 5.75 Å². The number of nitrogen functional groups attached to an aromatic ring is 1. The average Bonchev–Trinajstić information content (AvgIpc) is 3.18. The molecule has 0 radical (unpaired) electrons. The molecule has 0 bridgehead atoms. The number of amidine groups is 1. The second-order valence-electron chi connectivity index (χ2n) is 4.73. The lowest BCUT2D eigenvalue weighted by molar-refractivity contribution is 0.305. The van der Waals surface area contributed by atoms with Gasteiger partial charge in [0.05, 0.1) is 15.6 Å². The maximum absolute atomic E-state index is 7.63. The smallest absolute Gasteiger partial charge is 0.140 e. The Morgan fingerprint density at radius 2 is 2.20 bits per heavy atom. The van der Waals surface area contributed by atoms with Gasteiger partial charge in [-0.25, -0.2) is 4.98 Å². The summed E-state index contributed by atoms with van der Waals surface area (Å²) in [6.07, 6.45) is 2.27. The maximum atomic E-state index is 7.63. The molecule has 1 saturated carbocycles. The summed E-state index contributed by atoms with van der Waals surface area (Å²) in [5.74, 6) is 1.20. The number of nitrogens with one attached hydrogen (secondary N) is 1. The number of aromatic nitrogens is 1. The van der Waals surface area contributed by atoms with Gasteiger partial charge in [0.2, 0.25) is 0 Å². The van der Waals surface area contributed by atoms with Gasteiger partial charge in [-0.2, -0.15) is 0 Å². The SMILES string of the molecule is N=C(N)c1sc(COc2ccccc2Cl)nc1C1CC1. The average molecular weight is 308 g/mol. The van der Waals surface area contributed by atoms with Crippen LogP contribution in [-0.2, 0) is 6.61 Å². The van der Waals surface area contributed by atoms with Gasteiger partial charge in [0.15, 0.2) is 0 Å². The third kappa shape index (κ3) is 2.78. The quantitative estimate of drug-likeness (QED) is 0.655. The van der Waals surface area contributed by atoms with Crippen molar-refractivity contribution in [1.82, 2.24) is 4.98 Å². The molecule has 0 saturated heterocycles. The van der Waals surface area contributed by atoms with Crippen LogP contribution in [-0.4, -0.2) is 10.8 Å². The molecule has 6 heteroatoms. The van der Waals surface area contributed by atoms with Gasteiger partial charge in [-0.1, -0.05) is 23.7 Å². The molecule has 1 aliphatic carbocycles. The summed E-state index contributed by atoms with van der Waals surface area (Å²) in [5.41, 5.74) is 6.58. The molecular formula is C14H14ClN3OS. The lowest BCUT2D eigenvalue weighted by atomic mass is 10.2. The minimum atomic E-state index is 0.0911. The fourth-order valence-electron chi connectivity index (χ4n) is 1.97. The molecule has 3 rings (SSSR count). The summed E-state index contributed by atoms with van der Waals surface area (Å²) in [7, 11) is 0. The van der Waals surface area contributed by atoms with Crippen LogP contribution in [0.15, 0.2) is 24.3 Å². The second kappa shape index (κ2) is 5.42. The Hall–Kier alpha value is -1.59. The summed E-state index contributed by atoms with van der Waals surface area (Å²) in [4.78, 5) is 5.35.